The molecule has 0 saturated carbocycles. The topological polar surface area (TPSA) is 85.1 Å². The van der Waals surface area contributed by atoms with Crippen LogP contribution < -0.4 is 10.5 Å². The smallest absolute Gasteiger partial charge is 0.212 e. The summed E-state index contributed by atoms with van der Waals surface area (Å²) in [4.78, 5) is 4.08. The van der Waals surface area contributed by atoms with Crippen LogP contribution in [0.25, 0.3) is 0 Å². The fraction of sp³-hybridized carbons (Fsp3) is 0.500. The Morgan fingerprint density at radius 3 is 2.63 bits per heavy atom. The van der Waals surface area contributed by atoms with Crippen molar-refractivity contribution in [3.63, 3.8) is 0 Å². The van der Waals surface area contributed by atoms with Crippen LogP contribution in [-0.4, -0.2) is 30.2 Å². The van der Waals surface area contributed by atoms with E-state index in [4.69, 9.17) is 18.0 Å². The van der Waals surface area contributed by atoms with E-state index in [1.807, 2.05) is 6.92 Å². The Bertz CT molecular complexity index is 503. The molecule has 1 aromatic heterocycles. The van der Waals surface area contributed by atoms with Crippen molar-refractivity contribution in [3.8, 4) is 0 Å². The number of thiocarbonyl (C=S) groups is 1. The lowest BCUT2D eigenvalue weighted by Crippen LogP contribution is -2.44. The van der Waals surface area contributed by atoms with Crippen molar-refractivity contribution < 1.29 is 8.42 Å². The molecule has 106 valence electrons. The number of pyridine rings is 1. The van der Waals surface area contributed by atoms with Gasteiger partial charge in [0.1, 0.15) is 0 Å². The summed E-state index contributed by atoms with van der Waals surface area (Å²) in [5, 5.41) is 0. The standard InChI is InChI=1S/C12H19N3O2S2/c1-2-3-11(12(13)18)15-19(16,17)9-6-10-4-7-14-8-5-10/h4-5,7-8,11,15H,2-3,6,9H2,1H3,(H2,13,18). The maximum atomic E-state index is 12.0. The molecule has 0 aliphatic carbocycles. The lowest BCUT2D eigenvalue weighted by atomic mass is 10.2. The first-order chi connectivity index (χ1) is 8.94. The summed E-state index contributed by atoms with van der Waals surface area (Å²) in [5.41, 5.74) is 6.47. The highest BCUT2D eigenvalue weighted by Gasteiger charge is 2.19. The lowest BCUT2D eigenvalue weighted by Gasteiger charge is -2.16. The van der Waals surface area contributed by atoms with Crippen molar-refractivity contribution in [2.45, 2.75) is 32.2 Å². The fourth-order valence-electron chi connectivity index (χ4n) is 1.63. The molecule has 1 rings (SSSR count). The highest BCUT2D eigenvalue weighted by molar-refractivity contribution is 7.89. The first kappa shape index (κ1) is 16.0. The number of hydrogen-bond acceptors (Lipinski definition) is 4. The molecule has 0 bridgehead atoms. The molecule has 1 aromatic rings. The van der Waals surface area contributed by atoms with Gasteiger partial charge in [0.15, 0.2) is 0 Å². The molecule has 0 amide bonds. The van der Waals surface area contributed by atoms with E-state index < -0.39 is 16.1 Å². The molecule has 1 heterocycles. The van der Waals surface area contributed by atoms with Crippen LogP contribution in [0.2, 0.25) is 0 Å². The molecule has 3 N–H and O–H groups in total. The quantitative estimate of drug-likeness (QED) is 0.700. The molecule has 19 heavy (non-hydrogen) atoms. The van der Waals surface area contributed by atoms with Gasteiger partial charge < -0.3 is 5.73 Å². The van der Waals surface area contributed by atoms with Crippen molar-refractivity contribution >= 4 is 27.2 Å². The second kappa shape index (κ2) is 7.52. The second-order valence-electron chi connectivity index (χ2n) is 4.29. The number of nitrogens with two attached hydrogens (primary N) is 1. The minimum Gasteiger partial charge on any atom is -0.392 e. The molecule has 5 nitrogen and oxygen atoms in total. The number of nitrogens with zero attached hydrogens (tertiary/aromatic N) is 1. The fourth-order valence-corrected chi connectivity index (χ4v) is 3.18. The summed E-state index contributed by atoms with van der Waals surface area (Å²) in [7, 11) is -3.38. The van der Waals surface area contributed by atoms with Gasteiger partial charge in [-0.05, 0) is 30.5 Å². The van der Waals surface area contributed by atoms with Gasteiger partial charge in [-0.25, -0.2) is 13.1 Å². The molecule has 1 atom stereocenters. The zero-order valence-corrected chi connectivity index (χ0v) is 12.5. The summed E-state index contributed by atoms with van der Waals surface area (Å²) in [6, 6.07) is 3.14. The van der Waals surface area contributed by atoms with Gasteiger partial charge in [-0.15, -0.1) is 0 Å². The number of sulfonamides is 1. The number of hydrogen-bond donors (Lipinski definition) is 2. The van der Waals surface area contributed by atoms with Crippen LogP contribution in [0.15, 0.2) is 24.5 Å². The molecule has 0 aliphatic heterocycles. The third kappa shape index (κ3) is 6.09. The van der Waals surface area contributed by atoms with E-state index in [2.05, 4.69) is 9.71 Å². The number of rotatable bonds is 8. The van der Waals surface area contributed by atoms with Gasteiger partial charge in [-0.3, -0.25) is 4.98 Å². The Morgan fingerprint density at radius 1 is 1.47 bits per heavy atom. The average molecular weight is 301 g/mol. The molecule has 7 heteroatoms. The SMILES string of the molecule is CCCC(NS(=O)(=O)CCc1ccncc1)C(N)=S. The zero-order valence-electron chi connectivity index (χ0n) is 10.9. The maximum absolute atomic E-state index is 12.0. The van der Waals surface area contributed by atoms with E-state index in [1.165, 1.54) is 0 Å². The Hall–Kier alpha value is -1.05. The van der Waals surface area contributed by atoms with E-state index in [-0.39, 0.29) is 10.7 Å². The van der Waals surface area contributed by atoms with Gasteiger partial charge in [-0.2, -0.15) is 0 Å². The van der Waals surface area contributed by atoms with E-state index in [0.29, 0.717) is 12.8 Å². The molecule has 0 saturated heterocycles. The van der Waals surface area contributed by atoms with E-state index in [9.17, 15) is 8.42 Å². The number of nitrogens with one attached hydrogen (secondary N) is 1. The molecule has 0 aliphatic rings. The number of aryl methyl sites for hydroxylation is 1. The van der Waals surface area contributed by atoms with Gasteiger partial charge in [0.25, 0.3) is 0 Å². The summed E-state index contributed by atoms with van der Waals surface area (Å²) in [6.45, 7) is 1.95. The Balaban J connectivity index is 2.58. The average Bonchev–Trinajstić information content (AvgIpc) is 2.37. The summed E-state index contributed by atoms with van der Waals surface area (Å²) >= 11 is 4.87. The highest BCUT2D eigenvalue weighted by Crippen LogP contribution is 2.03. The third-order valence-electron chi connectivity index (χ3n) is 2.65. The molecule has 1 unspecified atom stereocenters. The molecule has 0 fully saturated rings. The Labute approximate surface area is 119 Å². The van der Waals surface area contributed by atoms with Crippen LogP contribution >= 0.6 is 12.2 Å². The van der Waals surface area contributed by atoms with E-state index in [1.54, 1.807) is 24.5 Å². The first-order valence-corrected chi connectivity index (χ1v) is 8.19. The van der Waals surface area contributed by atoms with E-state index in [0.717, 1.165) is 12.0 Å². The van der Waals surface area contributed by atoms with E-state index >= 15 is 0 Å². The van der Waals surface area contributed by atoms with Crippen molar-refractivity contribution in [1.29, 1.82) is 0 Å². The van der Waals surface area contributed by atoms with Crippen LogP contribution in [0.1, 0.15) is 25.3 Å². The minimum absolute atomic E-state index is 0.0137. The normalized spacial score (nSPS) is 13.1. The molecular formula is C12H19N3O2S2. The maximum Gasteiger partial charge on any atom is 0.212 e. The second-order valence-corrected chi connectivity index (χ2v) is 6.63. The third-order valence-corrected chi connectivity index (χ3v) is 4.32. The Kier molecular flexibility index (Phi) is 6.33. The monoisotopic (exact) mass is 301 g/mol. The van der Waals surface area contributed by atoms with Gasteiger partial charge >= 0.3 is 0 Å². The minimum atomic E-state index is -3.38. The van der Waals surface area contributed by atoms with Crippen molar-refractivity contribution in [3.05, 3.63) is 30.1 Å². The predicted octanol–water partition coefficient (Wildman–Crippen LogP) is 0.998. The van der Waals surface area contributed by atoms with Gasteiger partial charge in [0, 0.05) is 12.4 Å². The van der Waals surface area contributed by atoms with Gasteiger partial charge in [0.2, 0.25) is 10.0 Å². The molecule has 0 radical (unpaired) electrons. The lowest BCUT2D eigenvalue weighted by molar-refractivity contribution is 0.566. The number of aromatic nitrogens is 1. The van der Waals surface area contributed by atoms with Crippen LogP contribution in [0.5, 0.6) is 0 Å². The van der Waals surface area contributed by atoms with Crippen LogP contribution in [0, 0.1) is 0 Å². The first-order valence-electron chi connectivity index (χ1n) is 6.13. The van der Waals surface area contributed by atoms with Crippen molar-refractivity contribution in [2.24, 2.45) is 5.73 Å². The highest BCUT2D eigenvalue weighted by atomic mass is 32.2. The molecule has 0 spiro atoms. The Morgan fingerprint density at radius 2 is 2.11 bits per heavy atom. The largest absolute Gasteiger partial charge is 0.392 e. The van der Waals surface area contributed by atoms with Gasteiger partial charge in [0.05, 0.1) is 16.8 Å². The van der Waals surface area contributed by atoms with Crippen LogP contribution in [0.4, 0.5) is 0 Å². The molecule has 0 aromatic carbocycles. The van der Waals surface area contributed by atoms with Crippen LogP contribution in [0.3, 0.4) is 0 Å². The van der Waals surface area contributed by atoms with Crippen molar-refractivity contribution in [1.82, 2.24) is 9.71 Å². The zero-order chi connectivity index (χ0) is 14.3. The molecular weight excluding hydrogens is 282 g/mol. The predicted molar refractivity (Wildman–Crippen MR) is 80.3 cm³/mol. The van der Waals surface area contributed by atoms with Gasteiger partial charge in [-0.1, -0.05) is 25.6 Å². The van der Waals surface area contributed by atoms with Crippen molar-refractivity contribution in [2.75, 3.05) is 5.75 Å². The summed E-state index contributed by atoms with van der Waals surface area (Å²) in [5.74, 6) is 0.0137. The van der Waals surface area contributed by atoms with Crippen LogP contribution in [-0.2, 0) is 16.4 Å². The summed E-state index contributed by atoms with van der Waals surface area (Å²) < 4.78 is 26.5. The summed E-state index contributed by atoms with van der Waals surface area (Å²) in [6.07, 6.45) is 5.15.